The van der Waals surface area contributed by atoms with E-state index in [2.05, 4.69) is 21.9 Å². The molecule has 0 aliphatic rings. The van der Waals surface area contributed by atoms with Gasteiger partial charge in [0.25, 0.3) is 5.91 Å². The van der Waals surface area contributed by atoms with Crippen molar-refractivity contribution < 1.29 is 14.3 Å². The van der Waals surface area contributed by atoms with Gasteiger partial charge in [-0.25, -0.2) is 5.43 Å². The largest absolute Gasteiger partial charge is 0.493 e. The molecule has 0 fully saturated rings. The number of carbonyl (C=O) groups excluding carboxylic acids is 1. The molecule has 2 N–H and O–H groups in total. The lowest BCUT2D eigenvalue weighted by molar-refractivity contribution is -0.121. The molecule has 3 rings (SSSR count). The Bertz CT molecular complexity index is 1000. The molecule has 0 saturated heterocycles. The highest BCUT2D eigenvalue weighted by atomic mass is 16.5. The molecule has 144 valence electrons. The predicted octanol–water partition coefficient (Wildman–Crippen LogP) is 3.81. The van der Waals surface area contributed by atoms with Crippen molar-refractivity contribution in [2.24, 2.45) is 5.10 Å². The number of methoxy groups -OCH3 is 2. The minimum Gasteiger partial charge on any atom is -0.493 e. The summed E-state index contributed by atoms with van der Waals surface area (Å²) in [5, 5.41) is 9.49. The van der Waals surface area contributed by atoms with Gasteiger partial charge >= 0.3 is 0 Å². The molecule has 0 radical (unpaired) electrons. The molecule has 0 spiro atoms. The van der Waals surface area contributed by atoms with Gasteiger partial charge in [-0.2, -0.15) is 5.10 Å². The molecular formula is C22H23N3O3. The molecule has 0 heterocycles. The highest BCUT2D eigenvalue weighted by Gasteiger charge is 2.12. The van der Waals surface area contributed by atoms with E-state index in [4.69, 9.17) is 9.47 Å². The molecule has 6 heteroatoms. The van der Waals surface area contributed by atoms with Crippen molar-refractivity contribution in [1.82, 2.24) is 5.43 Å². The third-order valence-electron chi connectivity index (χ3n) is 4.32. The summed E-state index contributed by atoms with van der Waals surface area (Å²) >= 11 is 0. The first-order chi connectivity index (χ1) is 13.6. The van der Waals surface area contributed by atoms with Gasteiger partial charge in [0.15, 0.2) is 11.5 Å². The molecule has 3 aromatic carbocycles. The second kappa shape index (κ2) is 8.90. The Kier molecular flexibility index (Phi) is 6.11. The summed E-state index contributed by atoms with van der Waals surface area (Å²) in [7, 11) is 3.15. The monoisotopic (exact) mass is 377 g/mol. The summed E-state index contributed by atoms with van der Waals surface area (Å²) in [4.78, 5) is 12.3. The third-order valence-corrected chi connectivity index (χ3v) is 4.32. The van der Waals surface area contributed by atoms with Crippen LogP contribution in [0.1, 0.15) is 12.5 Å². The van der Waals surface area contributed by atoms with E-state index < -0.39 is 6.04 Å². The Balaban J connectivity index is 1.59. The van der Waals surface area contributed by atoms with E-state index in [1.807, 2.05) is 42.5 Å². The standard InChI is InChI=1S/C22H23N3O3/c1-15(24-19-10-9-17-6-4-5-7-18(17)13-19)22(26)25-23-14-16-8-11-20(27-2)21(12-16)28-3/h4-15,24H,1-3H3,(H,25,26)/b23-14-/t15-/m0/s1. The molecule has 0 aromatic heterocycles. The van der Waals surface area contributed by atoms with Gasteiger partial charge < -0.3 is 14.8 Å². The van der Waals surface area contributed by atoms with E-state index in [0.717, 1.165) is 22.0 Å². The van der Waals surface area contributed by atoms with Crippen LogP contribution in [-0.4, -0.2) is 32.4 Å². The molecule has 6 nitrogen and oxygen atoms in total. The summed E-state index contributed by atoms with van der Waals surface area (Å²) in [6.45, 7) is 1.79. The Labute approximate surface area is 164 Å². The summed E-state index contributed by atoms with van der Waals surface area (Å²) in [5.74, 6) is 1.01. The van der Waals surface area contributed by atoms with Gasteiger partial charge in [0, 0.05) is 5.69 Å². The molecule has 1 atom stereocenters. The van der Waals surface area contributed by atoms with Crippen LogP contribution in [0.15, 0.2) is 65.8 Å². The highest BCUT2D eigenvalue weighted by molar-refractivity contribution is 5.89. The molecule has 0 aliphatic carbocycles. The van der Waals surface area contributed by atoms with Gasteiger partial charge in [0.1, 0.15) is 6.04 Å². The van der Waals surface area contributed by atoms with E-state index in [0.29, 0.717) is 11.5 Å². The maximum Gasteiger partial charge on any atom is 0.262 e. The van der Waals surface area contributed by atoms with Crippen LogP contribution in [0.2, 0.25) is 0 Å². The van der Waals surface area contributed by atoms with Gasteiger partial charge in [-0.05, 0) is 53.6 Å². The van der Waals surface area contributed by atoms with Crippen LogP contribution in [0.3, 0.4) is 0 Å². The normalized spacial score (nSPS) is 12.0. The molecule has 0 saturated carbocycles. The second-order valence-electron chi connectivity index (χ2n) is 6.28. The molecule has 0 aliphatic heterocycles. The molecule has 1 amide bonds. The van der Waals surface area contributed by atoms with Crippen LogP contribution in [0.4, 0.5) is 5.69 Å². The average Bonchev–Trinajstić information content (AvgIpc) is 2.73. The Morgan fingerprint density at radius 2 is 1.71 bits per heavy atom. The smallest absolute Gasteiger partial charge is 0.262 e. The first-order valence-corrected chi connectivity index (χ1v) is 8.91. The van der Waals surface area contributed by atoms with Crippen molar-refractivity contribution in [2.45, 2.75) is 13.0 Å². The first-order valence-electron chi connectivity index (χ1n) is 8.91. The fraction of sp³-hybridized carbons (Fsp3) is 0.182. The summed E-state index contributed by atoms with van der Waals surface area (Å²) < 4.78 is 10.5. The van der Waals surface area contributed by atoms with Crippen LogP contribution in [-0.2, 0) is 4.79 Å². The number of rotatable bonds is 7. The molecular weight excluding hydrogens is 354 g/mol. The van der Waals surface area contributed by atoms with Crippen molar-refractivity contribution in [2.75, 3.05) is 19.5 Å². The predicted molar refractivity (Wildman–Crippen MR) is 112 cm³/mol. The van der Waals surface area contributed by atoms with Gasteiger partial charge in [-0.1, -0.05) is 30.3 Å². The number of carbonyl (C=O) groups is 1. The number of hydrogen-bond acceptors (Lipinski definition) is 5. The van der Waals surface area contributed by atoms with Crippen molar-refractivity contribution >= 4 is 28.6 Å². The number of hydrazone groups is 1. The van der Waals surface area contributed by atoms with Crippen LogP contribution < -0.4 is 20.2 Å². The summed E-state index contributed by atoms with van der Waals surface area (Å²) in [5.41, 5.74) is 4.22. The number of nitrogens with zero attached hydrogens (tertiary/aromatic N) is 1. The number of anilines is 1. The Morgan fingerprint density at radius 1 is 0.964 bits per heavy atom. The van der Waals surface area contributed by atoms with Crippen LogP contribution in [0.5, 0.6) is 11.5 Å². The van der Waals surface area contributed by atoms with Gasteiger partial charge in [-0.3, -0.25) is 4.79 Å². The van der Waals surface area contributed by atoms with E-state index >= 15 is 0 Å². The van der Waals surface area contributed by atoms with Crippen LogP contribution in [0.25, 0.3) is 10.8 Å². The first kappa shape index (κ1) is 19.2. The average molecular weight is 377 g/mol. The second-order valence-corrected chi connectivity index (χ2v) is 6.28. The highest BCUT2D eigenvalue weighted by Crippen LogP contribution is 2.26. The Morgan fingerprint density at radius 3 is 2.46 bits per heavy atom. The quantitative estimate of drug-likeness (QED) is 0.485. The molecule has 0 unspecified atom stereocenters. The van der Waals surface area contributed by atoms with Gasteiger partial charge in [-0.15, -0.1) is 0 Å². The maximum absolute atomic E-state index is 12.3. The van der Waals surface area contributed by atoms with Gasteiger partial charge in [0.2, 0.25) is 0 Å². The SMILES string of the molecule is COc1ccc(/C=N\NC(=O)[C@H](C)Nc2ccc3ccccc3c2)cc1OC. The van der Waals surface area contributed by atoms with Gasteiger partial charge in [0.05, 0.1) is 20.4 Å². The van der Waals surface area contributed by atoms with Crippen molar-refractivity contribution in [3.05, 3.63) is 66.2 Å². The van der Waals surface area contributed by atoms with E-state index in [9.17, 15) is 4.79 Å². The number of benzene rings is 3. The number of hydrogen-bond donors (Lipinski definition) is 2. The summed E-state index contributed by atoms with van der Waals surface area (Å²) in [6, 6.07) is 19.0. The molecule has 28 heavy (non-hydrogen) atoms. The summed E-state index contributed by atoms with van der Waals surface area (Å²) in [6.07, 6.45) is 1.56. The maximum atomic E-state index is 12.3. The number of nitrogens with one attached hydrogen (secondary N) is 2. The van der Waals surface area contributed by atoms with E-state index in [-0.39, 0.29) is 5.91 Å². The lowest BCUT2D eigenvalue weighted by Gasteiger charge is -2.14. The third kappa shape index (κ3) is 4.59. The zero-order chi connectivity index (χ0) is 19.9. The Hall–Kier alpha value is -3.54. The fourth-order valence-corrected chi connectivity index (χ4v) is 2.80. The minimum atomic E-state index is -0.441. The minimum absolute atomic E-state index is 0.232. The fourth-order valence-electron chi connectivity index (χ4n) is 2.80. The van der Waals surface area contributed by atoms with E-state index in [1.54, 1.807) is 39.5 Å². The topological polar surface area (TPSA) is 72.0 Å². The van der Waals surface area contributed by atoms with Crippen LogP contribution in [0, 0.1) is 0 Å². The lowest BCUT2D eigenvalue weighted by atomic mass is 10.1. The van der Waals surface area contributed by atoms with Crippen LogP contribution >= 0.6 is 0 Å². The van der Waals surface area contributed by atoms with E-state index in [1.165, 1.54) is 0 Å². The molecule has 3 aromatic rings. The van der Waals surface area contributed by atoms with Crippen molar-refractivity contribution in [3.8, 4) is 11.5 Å². The zero-order valence-corrected chi connectivity index (χ0v) is 16.1. The molecule has 0 bridgehead atoms. The number of fused-ring (bicyclic) bond motifs is 1. The number of amides is 1. The number of ether oxygens (including phenoxy) is 2. The lowest BCUT2D eigenvalue weighted by Crippen LogP contribution is -2.34. The zero-order valence-electron chi connectivity index (χ0n) is 16.1. The van der Waals surface area contributed by atoms with Crippen molar-refractivity contribution in [3.63, 3.8) is 0 Å². The van der Waals surface area contributed by atoms with Crippen molar-refractivity contribution in [1.29, 1.82) is 0 Å².